The molecule has 0 aromatic rings. The molecule has 11 heteroatoms. The average Bonchev–Trinajstić information content (AvgIpc) is 2.42. The topological polar surface area (TPSA) is 94.1 Å². The molecule has 0 aliphatic carbocycles. The molecule has 0 heterocycles. The van der Waals surface area contributed by atoms with Gasteiger partial charge in [-0.15, -0.1) is 0 Å². The predicted molar refractivity (Wildman–Crippen MR) is 126 cm³/mol. The molecule has 4 atom stereocenters. The van der Waals surface area contributed by atoms with Crippen LogP contribution in [0.2, 0.25) is 78.6 Å². The molecule has 7 nitrogen and oxygen atoms in total. The van der Waals surface area contributed by atoms with Crippen LogP contribution in [0, 0.1) is 0 Å². The Bertz CT molecular complexity index is 518. The quantitative estimate of drug-likeness (QED) is 0.400. The number of aliphatic hydroxyl groups excluding tert-OH is 1. The summed E-state index contributed by atoms with van der Waals surface area (Å²) in [6.45, 7) is 23.8. The van der Waals surface area contributed by atoms with Crippen molar-refractivity contribution < 1.29 is 32.7 Å². The smallest absolute Gasteiger partial charge is 0.385 e. The number of hydrogen-bond donors (Lipinski definition) is 1. The van der Waals surface area contributed by atoms with Crippen molar-refractivity contribution >= 4 is 39.2 Å². The van der Waals surface area contributed by atoms with Gasteiger partial charge in [-0.1, -0.05) is 0 Å². The fourth-order valence-corrected chi connectivity index (χ4v) is 6.39. The second kappa shape index (κ2) is 10.6. The van der Waals surface area contributed by atoms with Crippen molar-refractivity contribution in [3.05, 3.63) is 0 Å². The van der Waals surface area contributed by atoms with Gasteiger partial charge in [0.05, 0.1) is 6.61 Å². The van der Waals surface area contributed by atoms with E-state index in [9.17, 15) is 15.0 Å². The highest BCUT2D eigenvalue weighted by Crippen LogP contribution is 2.26. The average molecular weight is 484 g/mol. The molecule has 0 saturated heterocycles. The zero-order valence-corrected chi connectivity index (χ0v) is 24.4. The van der Waals surface area contributed by atoms with E-state index in [0.29, 0.717) is 0 Å². The normalized spacial score (nSPS) is 18.2. The van der Waals surface area contributed by atoms with Crippen LogP contribution in [-0.2, 0) is 27.6 Å². The lowest BCUT2D eigenvalue weighted by Crippen LogP contribution is -2.59. The highest BCUT2D eigenvalue weighted by molar-refractivity contribution is 6.71. The monoisotopic (exact) mass is 483 g/mol. The number of aliphatic hydroxyl groups is 1. The third-order valence-electron chi connectivity index (χ3n) is 3.38. The largest absolute Gasteiger partial charge is 0.415 e. The van der Waals surface area contributed by atoms with Crippen molar-refractivity contribution in [1.29, 1.82) is 0 Å². The fraction of sp³-hybridized carbons (Fsp3) is 0.944. The van der Waals surface area contributed by atoms with Crippen molar-refractivity contribution in [2.45, 2.75) is 103 Å². The predicted octanol–water partition coefficient (Wildman–Crippen LogP) is 3.82. The molecule has 0 aliphatic heterocycles. The van der Waals surface area contributed by atoms with Gasteiger partial charge in [-0.25, -0.2) is 9.90 Å². The fourth-order valence-electron chi connectivity index (χ4n) is 2.54. The molecule has 0 fully saturated rings. The molecule has 0 unspecified atom stereocenters. The van der Waals surface area contributed by atoms with E-state index in [4.69, 9.17) is 17.7 Å². The van der Waals surface area contributed by atoms with Gasteiger partial charge in [0.25, 0.3) is 0 Å². The number of rotatable bonds is 13. The first-order valence-electron chi connectivity index (χ1n) is 10.2. The van der Waals surface area contributed by atoms with Crippen LogP contribution >= 0.6 is 0 Å². The van der Waals surface area contributed by atoms with Crippen LogP contribution in [0.4, 0.5) is 0 Å². The van der Waals surface area contributed by atoms with Crippen molar-refractivity contribution in [3.8, 4) is 0 Å². The van der Waals surface area contributed by atoms with Gasteiger partial charge in [-0.3, -0.25) is 0 Å². The summed E-state index contributed by atoms with van der Waals surface area (Å²) in [7, 11) is -8.50. The highest BCUT2D eigenvalue weighted by Gasteiger charge is 2.46. The Balaban J connectivity index is 6.13. The van der Waals surface area contributed by atoms with E-state index in [1.807, 2.05) is 78.6 Å². The summed E-state index contributed by atoms with van der Waals surface area (Å²) in [4.78, 5) is 12.1. The Morgan fingerprint density at radius 2 is 1.07 bits per heavy atom. The molecule has 0 aromatic heterocycles. The van der Waals surface area contributed by atoms with Gasteiger partial charge in [0, 0.05) is 0 Å². The number of carbonyl (C=O) groups excluding carboxylic acids is 1. The first kappa shape index (κ1) is 29.1. The van der Waals surface area contributed by atoms with Gasteiger partial charge >= 0.3 is 5.97 Å². The van der Waals surface area contributed by atoms with E-state index < -0.39 is 63.7 Å². The number of carbonyl (C=O) groups is 1. The lowest BCUT2D eigenvalue weighted by molar-refractivity contribution is -0.164. The summed E-state index contributed by atoms with van der Waals surface area (Å²) in [5.74, 6) is -1.35. The molecule has 1 radical (unpaired) electrons. The summed E-state index contributed by atoms with van der Waals surface area (Å²) < 4.78 is 24.4. The standard InChI is InChI=1S/C18H43O7Si4/c1-26(2,3)22-13-14(19)15(23-27(4,5)6)16(24-28(7,8)9)17(18(20)21)25-29(10,11)12/h14-17,19H,13H2,1-12H3/t14-,15-,16+,17-/m1/s1. The van der Waals surface area contributed by atoms with Gasteiger partial charge < -0.3 is 22.8 Å². The van der Waals surface area contributed by atoms with Crippen LogP contribution in [-0.4, -0.2) is 75.4 Å². The molecule has 173 valence electrons. The Morgan fingerprint density at radius 3 is 1.38 bits per heavy atom. The van der Waals surface area contributed by atoms with Gasteiger partial charge in [-0.2, -0.15) is 0 Å². The van der Waals surface area contributed by atoms with Gasteiger partial charge in [-0.05, 0) is 78.6 Å². The van der Waals surface area contributed by atoms with E-state index in [0.717, 1.165) is 0 Å². The minimum absolute atomic E-state index is 0.0587. The van der Waals surface area contributed by atoms with E-state index in [1.165, 1.54) is 0 Å². The van der Waals surface area contributed by atoms with Gasteiger partial charge in [0.2, 0.25) is 0 Å². The summed E-state index contributed by atoms with van der Waals surface area (Å²) in [6.07, 6.45) is -4.23. The summed E-state index contributed by atoms with van der Waals surface area (Å²) >= 11 is 0. The summed E-state index contributed by atoms with van der Waals surface area (Å²) in [6, 6.07) is 0. The third kappa shape index (κ3) is 13.9. The molecule has 0 aromatic carbocycles. The molecule has 0 spiro atoms. The molecule has 29 heavy (non-hydrogen) atoms. The minimum atomic E-state index is -2.24. The second-order valence-electron chi connectivity index (χ2n) is 11.4. The van der Waals surface area contributed by atoms with Crippen molar-refractivity contribution in [2.75, 3.05) is 6.61 Å². The van der Waals surface area contributed by atoms with E-state index in [-0.39, 0.29) is 6.61 Å². The molecule has 0 aliphatic rings. The lowest BCUT2D eigenvalue weighted by Gasteiger charge is -2.41. The Morgan fingerprint density at radius 1 is 0.690 bits per heavy atom. The Labute approximate surface area is 181 Å². The number of hydrogen-bond acceptors (Lipinski definition) is 6. The lowest BCUT2D eigenvalue weighted by atomic mass is 10.0. The van der Waals surface area contributed by atoms with E-state index in [1.54, 1.807) is 0 Å². The van der Waals surface area contributed by atoms with Crippen LogP contribution in [0.1, 0.15) is 0 Å². The summed E-state index contributed by atoms with van der Waals surface area (Å²) in [5.41, 5.74) is 0. The molecule has 1 N–H and O–H groups in total. The Hall–Kier alpha value is 0.138. The van der Waals surface area contributed by atoms with Crippen molar-refractivity contribution in [1.82, 2.24) is 0 Å². The van der Waals surface area contributed by atoms with Crippen LogP contribution in [0.3, 0.4) is 0 Å². The zero-order chi connectivity index (χ0) is 23.4. The molecular weight excluding hydrogens is 441 g/mol. The molecule has 0 bridgehead atoms. The molecule has 0 rings (SSSR count). The van der Waals surface area contributed by atoms with Gasteiger partial charge in [0.1, 0.15) is 18.3 Å². The third-order valence-corrected chi connectivity index (χ3v) is 7.33. The first-order chi connectivity index (χ1) is 12.6. The van der Waals surface area contributed by atoms with Crippen molar-refractivity contribution in [3.63, 3.8) is 0 Å². The highest BCUT2D eigenvalue weighted by atomic mass is 28.4. The maximum Gasteiger partial charge on any atom is 0.385 e. The van der Waals surface area contributed by atoms with E-state index >= 15 is 0 Å². The minimum Gasteiger partial charge on any atom is -0.415 e. The van der Waals surface area contributed by atoms with Crippen LogP contribution in [0.5, 0.6) is 0 Å². The van der Waals surface area contributed by atoms with Gasteiger partial charge in [0.15, 0.2) is 39.4 Å². The second-order valence-corrected chi connectivity index (χ2v) is 29.2. The Kier molecular flexibility index (Phi) is 10.7. The maximum atomic E-state index is 12.1. The summed E-state index contributed by atoms with van der Waals surface area (Å²) in [5, 5.41) is 23.1. The zero-order valence-electron chi connectivity index (χ0n) is 20.4. The van der Waals surface area contributed by atoms with Crippen LogP contribution in [0.15, 0.2) is 0 Å². The van der Waals surface area contributed by atoms with Crippen LogP contribution < -0.4 is 0 Å². The molecular formula is C18H43O7Si4. The maximum absolute atomic E-state index is 12.1. The van der Waals surface area contributed by atoms with Crippen LogP contribution in [0.25, 0.3) is 0 Å². The molecule has 0 amide bonds. The SMILES string of the molecule is C[Si](C)(C)OC[C@@H](O)[C@@H](O[Si](C)(C)C)[C@H](O[Si](C)(C)C)[C@@H](O[Si](C)(C)C)C([O])=O. The first-order valence-corrected chi connectivity index (χ1v) is 23.8. The van der Waals surface area contributed by atoms with Crippen molar-refractivity contribution in [2.24, 2.45) is 0 Å². The molecule has 0 saturated carbocycles. The van der Waals surface area contributed by atoms with E-state index in [2.05, 4.69) is 0 Å².